The number of carbonyl (C=O) groups excluding carboxylic acids is 1. The van der Waals surface area contributed by atoms with Crippen LogP contribution in [0.25, 0.3) is 16.8 Å². The van der Waals surface area contributed by atoms with Crippen molar-refractivity contribution in [3.8, 4) is 17.0 Å². The van der Waals surface area contributed by atoms with Gasteiger partial charge in [-0.25, -0.2) is 4.79 Å². The summed E-state index contributed by atoms with van der Waals surface area (Å²) in [7, 11) is 3.28. The Morgan fingerprint density at radius 1 is 1.32 bits per heavy atom. The van der Waals surface area contributed by atoms with Gasteiger partial charge in [-0.05, 0) is 37.0 Å². The number of fused-ring (bicyclic) bond motifs is 3. The summed E-state index contributed by atoms with van der Waals surface area (Å²) in [6.07, 6.45) is 5.57. The van der Waals surface area contributed by atoms with Crippen LogP contribution in [0.5, 0.6) is 5.75 Å². The molecule has 7 nitrogen and oxygen atoms in total. The third kappa shape index (κ3) is 4.13. The van der Waals surface area contributed by atoms with Gasteiger partial charge in [0.2, 0.25) is 0 Å². The van der Waals surface area contributed by atoms with Gasteiger partial charge in [0.05, 0.1) is 19.4 Å². The van der Waals surface area contributed by atoms with Gasteiger partial charge in [0.25, 0.3) is 0 Å². The minimum atomic E-state index is -0.597. The van der Waals surface area contributed by atoms with Crippen LogP contribution < -0.4 is 15.9 Å². The Kier molecular flexibility index (Phi) is 6.63. The Morgan fingerprint density at radius 2 is 2.06 bits per heavy atom. The van der Waals surface area contributed by atoms with E-state index in [2.05, 4.69) is 24.9 Å². The smallest absolute Gasteiger partial charge is 0.343 e. The number of benzene rings is 1. The van der Waals surface area contributed by atoms with E-state index in [0.717, 1.165) is 34.4 Å². The molecule has 1 aromatic heterocycles. The maximum absolute atomic E-state index is 12.8. The molecule has 1 aromatic carbocycles. The molecule has 0 spiro atoms. The highest BCUT2D eigenvalue weighted by Crippen LogP contribution is 2.41. The Labute approximate surface area is 182 Å². The van der Waals surface area contributed by atoms with Crippen molar-refractivity contribution in [2.45, 2.75) is 33.2 Å². The molecular formula is C24H29N3O4. The molecule has 0 bridgehead atoms. The Morgan fingerprint density at radius 3 is 2.65 bits per heavy atom. The van der Waals surface area contributed by atoms with E-state index in [9.17, 15) is 9.59 Å². The summed E-state index contributed by atoms with van der Waals surface area (Å²) in [5.74, 6) is 0.309. The lowest BCUT2D eigenvalue weighted by atomic mass is 9.85. The average molecular weight is 424 g/mol. The Hall–Kier alpha value is -3.35. The monoisotopic (exact) mass is 423 g/mol. The first-order chi connectivity index (χ1) is 14.9. The second-order valence-electron chi connectivity index (χ2n) is 7.80. The van der Waals surface area contributed by atoms with Crippen molar-refractivity contribution in [2.24, 2.45) is 16.6 Å². The van der Waals surface area contributed by atoms with Crippen molar-refractivity contribution in [1.29, 1.82) is 0 Å². The minimum Gasteiger partial charge on any atom is -0.496 e. The third-order valence-electron chi connectivity index (χ3n) is 5.59. The molecule has 0 fully saturated rings. The van der Waals surface area contributed by atoms with Crippen molar-refractivity contribution in [2.75, 3.05) is 20.8 Å². The fraction of sp³-hybridized carbons (Fsp3) is 0.375. The second kappa shape index (κ2) is 9.20. The van der Waals surface area contributed by atoms with E-state index in [1.165, 1.54) is 12.3 Å². The van der Waals surface area contributed by atoms with E-state index >= 15 is 0 Å². The van der Waals surface area contributed by atoms with Gasteiger partial charge in [-0.1, -0.05) is 13.8 Å². The number of rotatable bonds is 6. The number of hydrogen-bond donors (Lipinski definition) is 1. The lowest BCUT2D eigenvalue weighted by Crippen LogP contribution is -2.28. The molecule has 0 aliphatic carbocycles. The van der Waals surface area contributed by atoms with Gasteiger partial charge in [0.15, 0.2) is 5.43 Å². The van der Waals surface area contributed by atoms with Crippen molar-refractivity contribution >= 4 is 17.8 Å². The number of carbonyl (C=O) groups is 1. The number of aromatic nitrogens is 1. The fourth-order valence-electron chi connectivity index (χ4n) is 4.05. The second-order valence-corrected chi connectivity index (χ2v) is 7.80. The van der Waals surface area contributed by atoms with Gasteiger partial charge in [-0.2, -0.15) is 0 Å². The summed E-state index contributed by atoms with van der Waals surface area (Å²) in [6, 6.07) is 5.56. The maximum Gasteiger partial charge on any atom is 0.343 e. The van der Waals surface area contributed by atoms with Crippen LogP contribution >= 0.6 is 0 Å². The van der Waals surface area contributed by atoms with Gasteiger partial charge in [-0.3, -0.25) is 9.79 Å². The zero-order chi connectivity index (χ0) is 22.7. The van der Waals surface area contributed by atoms with E-state index in [1.807, 2.05) is 10.6 Å². The van der Waals surface area contributed by atoms with E-state index in [0.29, 0.717) is 5.75 Å². The van der Waals surface area contributed by atoms with Crippen LogP contribution in [0.4, 0.5) is 0 Å². The largest absolute Gasteiger partial charge is 0.496 e. The molecule has 0 amide bonds. The molecule has 1 atom stereocenters. The van der Waals surface area contributed by atoms with Crippen molar-refractivity contribution < 1.29 is 14.3 Å². The predicted molar refractivity (Wildman–Crippen MR) is 123 cm³/mol. The van der Waals surface area contributed by atoms with E-state index in [-0.39, 0.29) is 29.6 Å². The van der Waals surface area contributed by atoms with Crippen LogP contribution in [0, 0.1) is 5.92 Å². The summed E-state index contributed by atoms with van der Waals surface area (Å²) in [6.45, 7) is 6.19. The topological polar surface area (TPSA) is 95.9 Å². The number of aliphatic imine (C=N–C) groups is 1. The number of pyridine rings is 1. The number of nitrogens with zero attached hydrogens (tertiary/aromatic N) is 2. The lowest BCUT2D eigenvalue weighted by Gasteiger charge is -2.34. The normalized spacial score (nSPS) is 15.7. The SMILES string of the molecule is CCOC(=O)c1cn2c(cc1=O)-c1cc(OC)c(C(C=NC)=CN)cc1CC2C(C)C. The molecule has 7 heteroatoms. The Bertz CT molecular complexity index is 1110. The van der Waals surface area contributed by atoms with Crippen molar-refractivity contribution in [3.63, 3.8) is 0 Å². The molecule has 0 saturated heterocycles. The molecular weight excluding hydrogens is 394 g/mol. The molecule has 1 unspecified atom stereocenters. The minimum absolute atomic E-state index is 0.0517. The first-order valence-electron chi connectivity index (χ1n) is 10.3. The van der Waals surface area contributed by atoms with Crippen molar-refractivity contribution in [1.82, 2.24) is 4.57 Å². The van der Waals surface area contributed by atoms with E-state index in [4.69, 9.17) is 15.2 Å². The average Bonchev–Trinajstić information content (AvgIpc) is 2.75. The quantitative estimate of drug-likeness (QED) is 0.567. The zero-order valence-electron chi connectivity index (χ0n) is 18.6. The molecule has 164 valence electrons. The summed E-state index contributed by atoms with van der Waals surface area (Å²) >= 11 is 0. The molecule has 3 rings (SSSR count). The molecule has 2 heterocycles. The summed E-state index contributed by atoms with van der Waals surface area (Å²) in [5, 5.41) is 0. The third-order valence-corrected chi connectivity index (χ3v) is 5.59. The summed E-state index contributed by atoms with van der Waals surface area (Å²) in [5.41, 5.74) is 9.86. The number of ether oxygens (including phenoxy) is 2. The van der Waals surface area contributed by atoms with Gasteiger partial charge < -0.3 is 19.8 Å². The first-order valence-corrected chi connectivity index (χ1v) is 10.3. The standard InChI is InChI=1S/C24H29N3O4/c1-6-31-24(29)19-13-27-20(14(2)3)8-15-7-18(16(11-25)12-26-4)23(30-5)9-17(15)21(27)10-22(19)28/h7,9-14,20H,6,8,25H2,1-5H3. The van der Waals surface area contributed by atoms with Crippen molar-refractivity contribution in [3.05, 3.63) is 57.5 Å². The molecule has 0 radical (unpaired) electrons. The highest BCUT2D eigenvalue weighted by atomic mass is 16.5. The summed E-state index contributed by atoms with van der Waals surface area (Å²) in [4.78, 5) is 29.2. The maximum atomic E-state index is 12.8. The van der Waals surface area contributed by atoms with E-state index in [1.54, 1.807) is 33.5 Å². The highest BCUT2D eigenvalue weighted by molar-refractivity contribution is 6.11. The van der Waals surface area contributed by atoms with Gasteiger partial charge >= 0.3 is 5.97 Å². The molecule has 1 aliphatic rings. The van der Waals surface area contributed by atoms with Crippen LogP contribution in [-0.2, 0) is 11.2 Å². The number of nitrogens with two attached hydrogens (primary N) is 1. The number of hydrogen-bond acceptors (Lipinski definition) is 6. The van der Waals surface area contributed by atoms with Crippen LogP contribution in [0.3, 0.4) is 0 Å². The van der Waals surface area contributed by atoms with Crippen LogP contribution in [0.1, 0.15) is 48.3 Å². The number of allylic oxidation sites excluding steroid dienone is 1. The van der Waals surface area contributed by atoms with Crippen LogP contribution in [-0.4, -0.2) is 37.5 Å². The van der Waals surface area contributed by atoms with Gasteiger partial charge in [0, 0.05) is 54.5 Å². The summed E-state index contributed by atoms with van der Waals surface area (Å²) < 4.78 is 12.7. The van der Waals surface area contributed by atoms with E-state index < -0.39 is 5.97 Å². The van der Waals surface area contributed by atoms with Crippen LogP contribution in [0.2, 0.25) is 0 Å². The predicted octanol–water partition coefficient (Wildman–Crippen LogP) is 3.45. The molecule has 31 heavy (non-hydrogen) atoms. The molecule has 2 N–H and O–H groups in total. The zero-order valence-corrected chi connectivity index (χ0v) is 18.6. The Balaban J connectivity index is 2.27. The highest BCUT2D eigenvalue weighted by Gasteiger charge is 2.29. The first kappa shape index (κ1) is 22.3. The lowest BCUT2D eigenvalue weighted by molar-refractivity contribution is 0.0523. The number of esters is 1. The fourth-order valence-corrected chi connectivity index (χ4v) is 4.05. The van der Waals surface area contributed by atoms with Crippen LogP contribution in [0.15, 0.2) is 40.4 Å². The molecule has 0 saturated carbocycles. The molecule has 1 aliphatic heterocycles. The van der Waals surface area contributed by atoms with Gasteiger partial charge in [-0.15, -0.1) is 0 Å². The van der Waals surface area contributed by atoms with Gasteiger partial charge in [0.1, 0.15) is 11.3 Å². The molecule has 2 aromatic rings. The number of methoxy groups -OCH3 is 1.